The van der Waals surface area contributed by atoms with Crippen LogP contribution in [0.2, 0.25) is 0 Å². The molecule has 8 nitrogen and oxygen atoms in total. The van der Waals surface area contributed by atoms with Crippen LogP contribution in [0.25, 0.3) is 10.4 Å². The molecule has 1 rings (SSSR count). The van der Waals surface area contributed by atoms with Crippen molar-refractivity contribution in [3.8, 4) is 0 Å². The van der Waals surface area contributed by atoms with E-state index in [0.717, 1.165) is 0 Å². The molecule has 0 saturated heterocycles. The lowest BCUT2D eigenvalue weighted by atomic mass is 10.1. The number of ether oxygens (including phenoxy) is 1. The van der Waals surface area contributed by atoms with Crippen molar-refractivity contribution in [2.45, 2.75) is 19.1 Å². The van der Waals surface area contributed by atoms with Gasteiger partial charge >= 0.3 is 5.97 Å². The van der Waals surface area contributed by atoms with Gasteiger partial charge in [0, 0.05) is 16.7 Å². The van der Waals surface area contributed by atoms with Crippen LogP contribution < -0.4 is 0 Å². The summed E-state index contributed by atoms with van der Waals surface area (Å²) in [5.41, 5.74) is 8.60. The van der Waals surface area contributed by atoms with E-state index < -0.39 is 18.2 Å². The molecule has 0 saturated carbocycles. The first-order valence-corrected chi connectivity index (χ1v) is 5.32. The van der Waals surface area contributed by atoms with E-state index in [0.29, 0.717) is 5.56 Å². The molecule has 1 heterocycles. The van der Waals surface area contributed by atoms with E-state index in [4.69, 9.17) is 10.3 Å². The molecule has 2 atom stereocenters. The van der Waals surface area contributed by atoms with Gasteiger partial charge in [-0.3, -0.25) is 0 Å². The highest BCUT2D eigenvalue weighted by Crippen LogP contribution is 2.18. The maximum atomic E-state index is 11.4. The van der Waals surface area contributed by atoms with E-state index in [1.807, 2.05) is 0 Å². The predicted molar refractivity (Wildman–Crippen MR) is 61.7 cm³/mol. The van der Waals surface area contributed by atoms with Crippen LogP contribution in [0.1, 0.15) is 29.1 Å². The second-order valence-corrected chi connectivity index (χ2v) is 3.49. The van der Waals surface area contributed by atoms with Crippen LogP contribution >= 0.6 is 0 Å². The molecule has 0 bridgehead atoms. The average Bonchev–Trinajstić information content (AvgIpc) is 2.84. The van der Waals surface area contributed by atoms with E-state index in [2.05, 4.69) is 15.0 Å². The summed E-state index contributed by atoms with van der Waals surface area (Å²) in [6.45, 7) is 1.67. The first-order valence-electron chi connectivity index (χ1n) is 5.32. The maximum absolute atomic E-state index is 11.4. The topological polar surface area (TPSA) is 131 Å². The SMILES string of the molecule is CCOC(=O)c1cc(C(O)C(O)CN=[N+]=[N-])c[nH]1. The van der Waals surface area contributed by atoms with Crippen LogP contribution in [-0.2, 0) is 4.74 Å². The summed E-state index contributed by atoms with van der Waals surface area (Å²) in [6, 6.07) is 1.38. The standard InChI is InChI=1S/C10H14N4O4/c1-2-18-10(17)7-3-6(4-12-7)9(16)8(15)5-13-14-11/h3-4,8-9,12,15-16H,2,5H2,1H3. The number of esters is 1. The molecule has 0 aromatic carbocycles. The maximum Gasteiger partial charge on any atom is 0.354 e. The second-order valence-electron chi connectivity index (χ2n) is 3.49. The van der Waals surface area contributed by atoms with E-state index in [1.165, 1.54) is 12.3 Å². The lowest BCUT2D eigenvalue weighted by Crippen LogP contribution is -2.20. The van der Waals surface area contributed by atoms with Crippen molar-refractivity contribution >= 4 is 5.97 Å². The van der Waals surface area contributed by atoms with Gasteiger partial charge in [0.1, 0.15) is 11.8 Å². The van der Waals surface area contributed by atoms with Crippen LogP contribution in [0.4, 0.5) is 0 Å². The minimum Gasteiger partial charge on any atom is -0.461 e. The van der Waals surface area contributed by atoms with Gasteiger partial charge in [-0.1, -0.05) is 5.11 Å². The average molecular weight is 254 g/mol. The third-order valence-electron chi connectivity index (χ3n) is 2.24. The second kappa shape index (κ2) is 6.65. The Labute approximate surface area is 103 Å². The number of nitrogens with zero attached hydrogens (tertiary/aromatic N) is 3. The number of aliphatic hydroxyl groups excluding tert-OH is 2. The Morgan fingerprint density at radius 3 is 3.00 bits per heavy atom. The summed E-state index contributed by atoms with van der Waals surface area (Å²) in [7, 11) is 0. The van der Waals surface area contributed by atoms with Gasteiger partial charge < -0.3 is 19.9 Å². The number of hydrogen-bond acceptors (Lipinski definition) is 5. The summed E-state index contributed by atoms with van der Waals surface area (Å²) >= 11 is 0. The number of azide groups is 1. The van der Waals surface area contributed by atoms with E-state index in [-0.39, 0.29) is 18.8 Å². The number of hydrogen-bond donors (Lipinski definition) is 3. The Balaban J connectivity index is 2.72. The Kier molecular flexibility index (Phi) is 5.19. The molecule has 1 aromatic heterocycles. The Bertz CT molecular complexity index is 452. The number of aromatic amines is 1. The molecule has 8 heteroatoms. The van der Waals surface area contributed by atoms with Crippen molar-refractivity contribution in [1.82, 2.24) is 4.98 Å². The first kappa shape index (κ1) is 14.0. The zero-order chi connectivity index (χ0) is 13.5. The number of carbonyl (C=O) groups is 1. The van der Waals surface area contributed by atoms with Crippen molar-refractivity contribution in [3.63, 3.8) is 0 Å². The van der Waals surface area contributed by atoms with Crippen molar-refractivity contribution in [2.24, 2.45) is 5.11 Å². The Morgan fingerprint density at radius 2 is 2.39 bits per heavy atom. The minimum absolute atomic E-state index is 0.182. The minimum atomic E-state index is -1.24. The van der Waals surface area contributed by atoms with E-state index in [9.17, 15) is 15.0 Å². The zero-order valence-electron chi connectivity index (χ0n) is 9.78. The molecule has 1 aromatic rings. The van der Waals surface area contributed by atoms with Gasteiger partial charge in [-0.25, -0.2) is 4.79 Å². The highest BCUT2D eigenvalue weighted by molar-refractivity contribution is 5.87. The third kappa shape index (κ3) is 3.49. The molecule has 3 N–H and O–H groups in total. The number of rotatable bonds is 6. The molecule has 0 aliphatic rings. The van der Waals surface area contributed by atoms with Crippen LogP contribution in [0.15, 0.2) is 17.4 Å². The van der Waals surface area contributed by atoms with Crippen LogP contribution in [-0.4, -0.2) is 40.4 Å². The summed E-state index contributed by atoms with van der Waals surface area (Å²) in [4.78, 5) is 16.5. The van der Waals surface area contributed by atoms with Crippen LogP contribution in [0, 0.1) is 0 Å². The number of nitrogens with one attached hydrogen (secondary N) is 1. The van der Waals surface area contributed by atoms with Gasteiger partial charge in [-0.05, 0) is 18.5 Å². The van der Waals surface area contributed by atoms with E-state index in [1.54, 1.807) is 6.92 Å². The molecule has 18 heavy (non-hydrogen) atoms. The highest BCUT2D eigenvalue weighted by atomic mass is 16.5. The zero-order valence-corrected chi connectivity index (χ0v) is 9.78. The van der Waals surface area contributed by atoms with Gasteiger partial charge in [-0.15, -0.1) is 0 Å². The molecule has 98 valence electrons. The molecule has 0 fully saturated rings. The van der Waals surface area contributed by atoms with Crippen molar-refractivity contribution in [2.75, 3.05) is 13.2 Å². The largest absolute Gasteiger partial charge is 0.461 e. The molecule has 0 radical (unpaired) electrons. The molecule has 0 spiro atoms. The fraction of sp³-hybridized carbons (Fsp3) is 0.500. The van der Waals surface area contributed by atoms with Gasteiger partial charge in [0.25, 0.3) is 0 Å². The van der Waals surface area contributed by atoms with Gasteiger partial charge in [0.05, 0.1) is 19.3 Å². The predicted octanol–water partition coefficient (Wildman–Crippen LogP) is 0.896. The fourth-order valence-corrected chi connectivity index (χ4v) is 1.35. The third-order valence-corrected chi connectivity index (χ3v) is 2.24. The lowest BCUT2D eigenvalue weighted by molar-refractivity contribution is 0.0244. The quantitative estimate of drug-likeness (QED) is 0.301. The summed E-state index contributed by atoms with van der Waals surface area (Å²) in [5, 5.41) is 22.4. The number of aliphatic hydroxyl groups is 2. The number of H-pyrrole nitrogens is 1. The van der Waals surface area contributed by atoms with Gasteiger partial charge in [0.15, 0.2) is 0 Å². The number of aromatic nitrogens is 1. The molecule has 0 aliphatic heterocycles. The molecule has 0 amide bonds. The number of carbonyl (C=O) groups excluding carboxylic acids is 1. The highest BCUT2D eigenvalue weighted by Gasteiger charge is 2.20. The summed E-state index contributed by atoms with van der Waals surface area (Å²) in [6.07, 6.45) is -1.09. The Hall–Kier alpha value is -2.02. The van der Waals surface area contributed by atoms with Crippen molar-refractivity contribution < 1.29 is 19.7 Å². The van der Waals surface area contributed by atoms with Gasteiger partial charge in [-0.2, -0.15) is 0 Å². The van der Waals surface area contributed by atoms with Crippen LogP contribution in [0.5, 0.6) is 0 Å². The fourth-order valence-electron chi connectivity index (χ4n) is 1.35. The molecular weight excluding hydrogens is 240 g/mol. The normalized spacial score (nSPS) is 13.5. The summed E-state index contributed by atoms with van der Waals surface area (Å²) < 4.78 is 4.77. The summed E-state index contributed by atoms with van der Waals surface area (Å²) in [5.74, 6) is -0.541. The molecular formula is C10H14N4O4. The first-order chi connectivity index (χ1) is 8.60. The lowest BCUT2D eigenvalue weighted by Gasteiger charge is -2.13. The van der Waals surface area contributed by atoms with Crippen LogP contribution in [0.3, 0.4) is 0 Å². The van der Waals surface area contributed by atoms with E-state index >= 15 is 0 Å². The monoisotopic (exact) mass is 254 g/mol. The van der Waals surface area contributed by atoms with Crippen molar-refractivity contribution in [3.05, 3.63) is 34.0 Å². The molecule has 2 unspecified atom stereocenters. The van der Waals surface area contributed by atoms with Crippen molar-refractivity contribution in [1.29, 1.82) is 0 Å². The smallest absolute Gasteiger partial charge is 0.354 e. The Morgan fingerprint density at radius 1 is 1.67 bits per heavy atom. The molecule has 0 aliphatic carbocycles. The van der Waals surface area contributed by atoms with Gasteiger partial charge in [0.2, 0.25) is 0 Å².